The van der Waals surface area contributed by atoms with Gasteiger partial charge in [0.1, 0.15) is 11.2 Å². The molecule has 0 bridgehead atoms. The number of benzene rings is 1. The molecule has 0 saturated carbocycles. The summed E-state index contributed by atoms with van der Waals surface area (Å²) in [6.07, 6.45) is 4.54. The third-order valence-corrected chi connectivity index (χ3v) is 6.03. The Morgan fingerprint density at radius 2 is 1.96 bits per heavy atom. The van der Waals surface area contributed by atoms with Gasteiger partial charge in [-0.1, -0.05) is 24.3 Å². The van der Waals surface area contributed by atoms with Gasteiger partial charge in [0.2, 0.25) is 0 Å². The minimum atomic E-state index is -0.625. The molecule has 2 aliphatic heterocycles. The third kappa shape index (κ3) is 2.23. The van der Waals surface area contributed by atoms with Crippen molar-refractivity contribution in [2.45, 2.75) is 37.6 Å². The van der Waals surface area contributed by atoms with Gasteiger partial charge in [0.05, 0.1) is 29.2 Å². The molecule has 2 atom stereocenters. The number of fused-ring (bicyclic) bond motifs is 3. The molecular weight excluding hydrogens is 334 g/mol. The highest BCUT2D eigenvalue weighted by atomic mass is 15.4. The topological polar surface area (TPSA) is 57.7 Å². The molecule has 3 aromatic rings. The second-order valence-electron chi connectivity index (χ2n) is 7.46. The van der Waals surface area contributed by atoms with E-state index in [1.165, 1.54) is 5.56 Å². The lowest BCUT2D eigenvalue weighted by atomic mass is 9.70. The smallest absolute Gasteiger partial charge is 0.136 e. The fourth-order valence-electron chi connectivity index (χ4n) is 4.79. The van der Waals surface area contributed by atoms with Crippen LogP contribution in [0.3, 0.4) is 0 Å². The number of aryl methyl sites for hydroxylation is 1. The van der Waals surface area contributed by atoms with Gasteiger partial charge in [-0.2, -0.15) is 10.4 Å². The zero-order valence-electron chi connectivity index (χ0n) is 15.3. The molecule has 1 saturated heterocycles. The predicted octanol–water partition coefficient (Wildman–Crippen LogP) is 3.56. The number of pyridine rings is 1. The quantitative estimate of drug-likeness (QED) is 0.705. The van der Waals surface area contributed by atoms with Crippen LogP contribution in [0.15, 0.2) is 54.7 Å². The molecule has 5 rings (SSSR count). The first-order valence-electron chi connectivity index (χ1n) is 9.48. The molecule has 2 aromatic heterocycles. The largest absolute Gasteiger partial charge is 0.351 e. The van der Waals surface area contributed by atoms with Crippen molar-refractivity contribution in [3.63, 3.8) is 0 Å². The van der Waals surface area contributed by atoms with E-state index in [4.69, 9.17) is 5.10 Å². The summed E-state index contributed by atoms with van der Waals surface area (Å²) in [5.41, 5.74) is 3.48. The maximum absolute atomic E-state index is 10.3. The van der Waals surface area contributed by atoms with E-state index in [2.05, 4.69) is 39.7 Å². The van der Waals surface area contributed by atoms with Gasteiger partial charge in [-0.05, 0) is 44.0 Å². The number of para-hydroxylation sites is 1. The van der Waals surface area contributed by atoms with Gasteiger partial charge in [-0.25, -0.2) is 4.68 Å². The van der Waals surface area contributed by atoms with Crippen molar-refractivity contribution in [1.29, 1.82) is 5.26 Å². The van der Waals surface area contributed by atoms with E-state index in [1.54, 1.807) is 6.20 Å². The van der Waals surface area contributed by atoms with Crippen LogP contribution < -0.4 is 4.90 Å². The molecule has 1 aromatic carbocycles. The number of hydrogen-bond donors (Lipinski definition) is 0. The van der Waals surface area contributed by atoms with Gasteiger partial charge in [0.25, 0.3) is 0 Å². The Labute approximate surface area is 158 Å². The number of anilines is 1. The van der Waals surface area contributed by atoms with Crippen molar-refractivity contribution >= 4 is 5.82 Å². The molecule has 0 radical (unpaired) electrons. The number of rotatable bonds is 2. The zero-order valence-corrected chi connectivity index (χ0v) is 15.3. The normalized spacial score (nSPS) is 23.6. The second-order valence-corrected chi connectivity index (χ2v) is 7.46. The number of nitriles is 1. The summed E-state index contributed by atoms with van der Waals surface area (Å²) in [7, 11) is 0. The van der Waals surface area contributed by atoms with Crippen molar-refractivity contribution < 1.29 is 0 Å². The molecule has 2 unspecified atom stereocenters. The van der Waals surface area contributed by atoms with Gasteiger partial charge in [-0.15, -0.1) is 0 Å². The van der Waals surface area contributed by atoms with Gasteiger partial charge < -0.3 is 4.90 Å². The van der Waals surface area contributed by atoms with Crippen LogP contribution in [0, 0.1) is 18.3 Å². The Morgan fingerprint density at radius 3 is 2.70 bits per heavy atom. The van der Waals surface area contributed by atoms with Crippen LogP contribution in [-0.2, 0) is 11.8 Å². The summed E-state index contributed by atoms with van der Waals surface area (Å²) in [5, 5.41) is 15.2. The number of aromatic nitrogens is 3. The molecule has 4 heterocycles. The average Bonchev–Trinajstić information content (AvgIpc) is 3.34. The first-order valence-corrected chi connectivity index (χ1v) is 9.48. The molecule has 0 amide bonds. The first-order chi connectivity index (χ1) is 13.2. The Balaban J connectivity index is 1.73. The fourth-order valence-corrected chi connectivity index (χ4v) is 4.79. The van der Waals surface area contributed by atoms with Crippen LogP contribution in [0.4, 0.5) is 5.82 Å². The second kappa shape index (κ2) is 5.95. The average molecular weight is 355 g/mol. The van der Waals surface area contributed by atoms with E-state index in [1.807, 2.05) is 36.4 Å². The van der Waals surface area contributed by atoms with Crippen molar-refractivity contribution in [2.75, 3.05) is 11.4 Å². The minimum absolute atomic E-state index is 0.128. The van der Waals surface area contributed by atoms with E-state index < -0.39 is 5.41 Å². The van der Waals surface area contributed by atoms with E-state index in [0.29, 0.717) is 6.42 Å². The third-order valence-electron chi connectivity index (χ3n) is 6.03. The molecule has 134 valence electrons. The Kier molecular flexibility index (Phi) is 3.54. The highest BCUT2D eigenvalue weighted by Crippen LogP contribution is 2.48. The Morgan fingerprint density at radius 1 is 1.15 bits per heavy atom. The molecule has 0 aliphatic carbocycles. The number of hydrogen-bond acceptors (Lipinski definition) is 4. The monoisotopic (exact) mass is 355 g/mol. The summed E-state index contributed by atoms with van der Waals surface area (Å²) in [5.74, 6) is 1.16. The van der Waals surface area contributed by atoms with Gasteiger partial charge in [-0.3, -0.25) is 4.98 Å². The maximum atomic E-state index is 10.3. The molecule has 5 heteroatoms. The summed E-state index contributed by atoms with van der Waals surface area (Å²) >= 11 is 0. The van der Waals surface area contributed by atoms with E-state index in [-0.39, 0.29) is 6.04 Å². The van der Waals surface area contributed by atoms with Crippen LogP contribution >= 0.6 is 0 Å². The van der Waals surface area contributed by atoms with Gasteiger partial charge in [0.15, 0.2) is 0 Å². The minimum Gasteiger partial charge on any atom is -0.351 e. The molecule has 5 nitrogen and oxygen atoms in total. The van der Waals surface area contributed by atoms with Crippen molar-refractivity contribution in [3.05, 3.63) is 71.7 Å². The lowest BCUT2D eigenvalue weighted by Crippen LogP contribution is -2.52. The van der Waals surface area contributed by atoms with Gasteiger partial charge in [0, 0.05) is 24.7 Å². The molecule has 2 aliphatic rings. The van der Waals surface area contributed by atoms with E-state index >= 15 is 0 Å². The Bertz CT molecular complexity index is 1020. The Hall–Kier alpha value is -3.13. The zero-order chi connectivity index (χ0) is 18.4. The van der Waals surface area contributed by atoms with Crippen LogP contribution in [0.25, 0.3) is 5.69 Å². The van der Waals surface area contributed by atoms with Crippen molar-refractivity contribution in [2.24, 2.45) is 0 Å². The summed E-state index contributed by atoms with van der Waals surface area (Å²) in [6.45, 7) is 3.00. The SMILES string of the molecule is Cc1nn(-c2ccccc2)c2c1CC(C#N)(c1ccccn1)C1CCCN21. The molecule has 27 heavy (non-hydrogen) atoms. The fraction of sp³-hybridized carbons (Fsp3) is 0.318. The summed E-state index contributed by atoms with van der Waals surface area (Å²) in [6, 6.07) is 19.0. The number of nitrogens with zero attached hydrogens (tertiary/aromatic N) is 5. The highest BCUT2D eigenvalue weighted by Gasteiger charge is 2.52. The lowest BCUT2D eigenvalue weighted by Gasteiger charge is -2.43. The van der Waals surface area contributed by atoms with Crippen molar-refractivity contribution in [1.82, 2.24) is 14.8 Å². The lowest BCUT2D eigenvalue weighted by molar-refractivity contribution is 0.397. The maximum Gasteiger partial charge on any atom is 0.136 e. The summed E-state index contributed by atoms with van der Waals surface area (Å²) < 4.78 is 2.06. The van der Waals surface area contributed by atoms with Crippen LogP contribution in [-0.4, -0.2) is 27.4 Å². The van der Waals surface area contributed by atoms with Crippen LogP contribution in [0.5, 0.6) is 0 Å². The standard InChI is InChI=1S/C22H21N5/c1-16-18-14-22(15-23,19-10-5-6-12-24-19)20-11-7-13-26(20)21(18)27(25-16)17-8-3-2-4-9-17/h2-6,8-10,12,20H,7,11,13-14H2,1H3. The van der Waals surface area contributed by atoms with E-state index in [0.717, 1.165) is 42.3 Å². The highest BCUT2D eigenvalue weighted by molar-refractivity contribution is 5.62. The molecule has 1 fully saturated rings. The molecular formula is C22H21N5. The molecule has 0 N–H and O–H groups in total. The summed E-state index contributed by atoms with van der Waals surface area (Å²) in [4.78, 5) is 7.00. The van der Waals surface area contributed by atoms with Crippen LogP contribution in [0.1, 0.15) is 29.8 Å². The van der Waals surface area contributed by atoms with Gasteiger partial charge >= 0.3 is 0 Å². The van der Waals surface area contributed by atoms with E-state index in [9.17, 15) is 5.26 Å². The first kappa shape index (κ1) is 16.1. The van der Waals surface area contributed by atoms with Crippen LogP contribution in [0.2, 0.25) is 0 Å². The predicted molar refractivity (Wildman–Crippen MR) is 104 cm³/mol. The molecule has 0 spiro atoms. The van der Waals surface area contributed by atoms with Crippen molar-refractivity contribution in [3.8, 4) is 11.8 Å².